The molecule has 1 fully saturated rings. The van der Waals surface area contributed by atoms with E-state index in [1.54, 1.807) is 30.4 Å². The molecule has 1 aromatic heterocycles. The van der Waals surface area contributed by atoms with Crippen molar-refractivity contribution in [3.63, 3.8) is 0 Å². The van der Waals surface area contributed by atoms with Crippen LogP contribution >= 0.6 is 0 Å². The van der Waals surface area contributed by atoms with Crippen molar-refractivity contribution in [3.05, 3.63) is 114 Å². The molecule has 1 unspecified atom stereocenters. The number of hydrogen-bond acceptors (Lipinski definition) is 5. The van der Waals surface area contributed by atoms with E-state index in [1.165, 1.54) is 17.2 Å². The minimum atomic E-state index is -0.535. The number of amides is 1. The zero-order chi connectivity index (χ0) is 24.5. The number of aliphatic hydroxyl groups excluding tert-OH is 1. The van der Waals surface area contributed by atoms with Crippen molar-refractivity contribution in [2.45, 2.75) is 12.6 Å². The quantitative estimate of drug-likeness (QED) is 0.511. The van der Waals surface area contributed by atoms with E-state index in [4.69, 9.17) is 5.11 Å². The molecule has 2 aromatic carbocycles. The highest BCUT2D eigenvalue weighted by Gasteiger charge is 2.29. The van der Waals surface area contributed by atoms with E-state index >= 15 is 0 Å². The van der Waals surface area contributed by atoms with Gasteiger partial charge in [-0.3, -0.25) is 14.5 Å². The number of hydrogen-bond donors (Lipinski definition) is 1. The van der Waals surface area contributed by atoms with Crippen LogP contribution in [0.2, 0.25) is 0 Å². The van der Waals surface area contributed by atoms with E-state index in [9.17, 15) is 9.59 Å². The van der Waals surface area contributed by atoms with Crippen molar-refractivity contribution in [2.75, 3.05) is 26.2 Å². The molecule has 0 saturated carbocycles. The molecule has 35 heavy (non-hydrogen) atoms. The monoisotopic (exact) mass is 467 g/mol. The van der Waals surface area contributed by atoms with Gasteiger partial charge >= 0.3 is 0 Å². The molecule has 0 spiro atoms. The van der Waals surface area contributed by atoms with Gasteiger partial charge in [0.15, 0.2) is 5.78 Å². The van der Waals surface area contributed by atoms with Crippen molar-refractivity contribution in [2.24, 2.45) is 0 Å². The molecular formula is C29H29N3O3. The summed E-state index contributed by atoms with van der Waals surface area (Å²) in [6.07, 6.45) is 6.10. The number of piperazine rings is 1. The zero-order valence-electron chi connectivity index (χ0n) is 19.5. The van der Waals surface area contributed by atoms with E-state index in [0.29, 0.717) is 24.5 Å². The van der Waals surface area contributed by atoms with E-state index in [2.05, 4.69) is 46.3 Å². The van der Waals surface area contributed by atoms with Crippen LogP contribution in [-0.2, 0) is 16.1 Å². The van der Waals surface area contributed by atoms with Crippen molar-refractivity contribution in [1.29, 1.82) is 0 Å². The van der Waals surface area contributed by atoms with Gasteiger partial charge in [-0.25, -0.2) is 4.98 Å². The summed E-state index contributed by atoms with van der Waals surface area (Å²) in [4.78, 5) is 33.1. The highest BCUT2D eigenvalue weighted by molar-refractivity contribution is 5.94. The number of aliphatic hydroxyl groups is 1. The Morgan fingerprint density at radius 3 is 2.20 bits per heavy atom. The average Bonchev–Trinajstić information content (AvgIpc) is 2.92. The minimum Gasteiger partial charge on any atom is -0.388 e. The number of ketones is 1. The maximum absolute atomic E-state index is 13.1. The molecule has 1 aliphatic rings. The second-order valence-corrected chi connectivity index (χ2v) is 8.45. The molecule has 1 atom stereocenters. The zero-order valence-corrected chi connectivity index (χ0v) is 19.5. The molecule has 4 rings (SSSR count). The summed E-state index contributed by atoms with van der Waals surface area (Å²) in [5, 5.41) is 8.84. The number of nitrogens with zero attached hydrogens (tertiary/aromatic N) is 3. The molecule has 1 saturated heterocycles. The van der Waals surface area contributed by atoms with Gasteiger partial charge in [0, 0.05) is 32.3 Å². The third-order valence-electron chi connectivity index (χ3n) is 6.00. The molecule has 178 valence electrons. The first-order chi connectivity index (χ1) is 17.1. The number of rotatable bonds is 8. The SMILES string of the molecule is O=C(/C=C/c1cccc(/C=C/C(=O)N2CCN(Cc3ccccc3)C(c3ccccc3)C2)n1)CO. The van der Waals surface area contributed by atoms with Crippen LogP contribution in [0.25, 0.3) is 12.2 Å². The van der Waals surface area contributed by atoms with Crippen molar-refractivity contribution < 1.29 is 14.7 Å². The van der Waals surface area contributed by atoms with Crippen molar-refractivity contribution in [1.82, 2.24) is 14.8 Å². The summed E-state index contributed by atoms with van der Waals surface area (Å²) in [6.45, 7) is 2.35. The molecule has 3 aromatic rings. The Labute approximate surface area is 205 Å². The molecule has 0 radical (unpaired) electrons. The van der Waals surface area contributed by atoms with Gasteiger partial charge in [-0.1, -0.05) is 66.7 Å². The van der Waals surface area contributed by atoms with Crippen LogP contribution in [0.15, 0.2) is 91.0 Å². The molecule has 2 heterocycles. The van der Waals surface area contributed by atoms with Crippen LogP contribution in [-0.4, -0.2) is 57.8 Å². The topological polar surface area (TPSA) is 73.7 Å². The van der Waals surface area contributed by atoms with Crippen LogP contribution in [0.4, 0.5) is 0 Å². The molecule has 1 amide bonds. The number of aromatic nitrogens is 1. The molecule has 6 heteroatoms. The first kappa shape index (κ1) is 24.3. The van der Waals surface area contributed by atoms with Crippen LogP contribution in [0.3, 0.4) is 0 Å². The highest BCUT2D eigenvalue weighted by Crippen LogP contribution is 2.27. The fourth-order valence-corrected chi connectivity index (χ4v) is 4.17. The van der Waals surface area contributed by atoms with E-state index < -0.39 is 6.61 Å². The van der Waals surface area contributed by atoms with E-state index in [-0.39, 0.29) is 17.7 Å². The van der Waals surface area contributed by atoms with Crippen LogP contribution in [0.1, 0.15) is 28.6 Å². The molecular weight excluding hydrogens is 438 g/mol. The number of carbonyl (C=O) groups is 2. The van der Waals surface area contributed by atoms with Gasteiger partial charge in [0.1, 0.15) is 6.61 Å². The number of pyridine rings is 1. The van der Waals surface area contributed by atoms with Gasteiger partial charge in [-0.05, 0) is 41.5 Å². The van der Waals surface area contributed by atoms with Gasteiger partial charge in [0.25, 0.3) is 0 Å². The summed E-state index contributed by atoms with van der Waals surface area (Å²) in [5.74, 6) is -0.439. The lowest BCUT2D eigenvalue weighted by Gasteiger charge is -2.41. The third kappa shape index (κ3) is 6.82. The maximum Gasteiger partial charge on any atom is 0.246 e. The fraction of sp³-hybridized carbons (Fsp3) is 0.207. The van der Waals surface area contributed by atoms with Gasteiger partial charge in [-0.2, -0.15) is 0 Å². The number of benzene rings is 2. The smallest absolute Gasteiger partial charge is 0.246 e. The molecule has 0 aliphatic carbocycles. The molecule has 1 aliphatic heterocycles. The largest absolute Gasteiger partial charge is 0.388 e. The maximum atomic E-state index is 13.1. The Kier molecular flexibility index (Phi) is 8.33. The Bertz CT molecular complexity index is 1190. The predicted octanol–water partition coefficient (Wildman–Crippen LogP) is 3.76. The standard InChI is InChI=1S/C29H29N3O3/c33-22-27(34)16-14-25-12-7-13-26(30-25)15-17-29(35)32-19-18-31(20-23-8-3-1-4-9-23)28(21-32)24-10-5-2-6-11-24/h1-17,28,33H,18-22H2/b16-14+,17-15+. The van der Waals surface area contributed by atoms with Crippen LogP contribution in [0, 0.1) is 0 Å². The summed E-state index contributed by atoms with van der Waals surface area (Å²) in [5.41, 5.74) is 3.66. The Hall–Kier alpha value is -3.87. The van der Waals surface area contributed by atoms with Gasteiger partial charge < -0.3 is 10.0 Å². The van der Waals surface area contributed by atoms with Crippen LogP contribution < -0.4 is 0 Å². The second kappa shape index (κ2) is 12.0. The van der Waals surface area contributed by atoms with Gasteiger partial charge in [0.05, 0.1) is 17.4 Å². The average molecular weight is 468 g/mol. The summed E-state index contributed by atoms with van der Waals surface area (Å²) < 4.78 is 0. The van der Waals surface area contributed by atoms with Gasteiger partial charge in [-0.15, -0.1) is 0 Å². The van der Waals surface area contributed by atoms with E-state index in [1.807, 2.05) is 35.2 Å². The summed E-state index contributed by atoms with van der Waals surface area (Å²) in [6, 6.07) is 26.2. The first-order valence-electron chi connectivity index (χ1n) is 11.7. The highest BCUT2D eigenvalue weighted by atomic mass is 16.3. The first-order valence-corrected chi connectivity index (χ1v) is 11.7. The van der Waals surface area contributed by atoms with Crippen molar-refractivity contribution >= 4 is 23.8 Å². The second-order valence-electron chi connectivity index (χ2n) is 8.45. The minimum absolute atomic E-state index is 0.0523. The molecule has 6 nitrogen and oxygen atoms in total. The Morgan fingerprint density at radius 2 is 1.51 bits per heavy atom. The van der Waals surface area contributed by atoms with Crippen LogP contribution in [0.5, 0.6) is 0 Å². The lowest BCUT2D eigenvalue weighted by molar-refractivity contribution is -0.129. The summed E-state index contributed by atoms with van der Waals surface area (Å²) >= 11 is 0. The lowest BCUT2D eigenvalue weighted by Crippen LogP contribution is -2.49. The third-order valence-corrected chi connectivity index (χ3v) is 6.00. The molecule has 0 bridgehead atoms. The predicted molar refractivity (Wildman–Crippen MR) is 137 cm³/mol. The molecule has 1 N–H and O–H groups in total. The van der Waals surface area contributed by atoms with Gasteiger partial charge in [0.2, 0.25) is 5.91 Å². The Balaban J connectivity index is 1.45. The number of carbonyl (C=O) groups excluding carboxylic acids is 2. The fourth-order valence-electron chi connectivity index (χ4n) is 4.17. The van der Waals surface area contributed by atoms with Crippen molar-refractivity contribution in [3.8, 4) is 0 Å². The van der Waals surface area contributed by atoms with E-state index in [0.717, 1.165) is 13.1 Å². The Morgan fingerprint density at radius 1 is 0.857 bits per heavy atom. The normalized spacial score (nSPS) is 16.7. The lowest BCUT2D eigenvalue weighted by atomic mass is 10.0. The summed E-state index contributed by atoms with van der Waals surface area (Å²) in [7, 11) is 0.